The van der Waals surface area contributed by atoms with Crippen molar-refractivity contribution in [3.63, 3.8) is 0 Å². The zero-order chi connectivity index (χ0) is 38.5. The smallest absolute Gasteiger partial charge is 0.410 e. The highest BCUT2D eigenvalue weighted by atomic mass is 16.6. The van der Waals surface area contributed by atoms with Crippen LogP contribution in [0.3, 0.4) is 0 Å². The molecular formula is C40H66N6O8. The maximum atomic E-state index is 12.3. The molecule has 0 aromatic heterocycles. The lowest BCUT2D eigenvalue weighted by Gasteiger charge is -2.49. The van der Waals surface area contributed by atoms with E-state index >= 15 is 0 Å². The number of amides is 4. The third-order valence-corrected chi connectivity index (χ3v) is 14.9. The van der Waals surface area contributed by atoms with Crippen LogP contribution in [0.1, 0.15) is 112 Å². The second kappa shape index (κ2) is 14.8. The van der Waals surface area contributed by atoms with E-state index in [4.69, 9.17) is 18.9 Å². The van der Waals surface area contributed by atoms with E-state index in [1.165, 1.54) is 32.1 Å². The highest BCUT2D eigenvalue weighted by molar-refractivity contribution is 5.72. The van der Waals surface area contributed by atoms with Gasteiger partial charge in [-0.2, -0.15) is 0 Å². The minimum atomic E-state index is -0.367. The van der Waals surface area contributed by atoms with Crippen LogP contribution < -0.4 is 5.32 Å². The van der Waals surface area contributed by atoms with Crippen LogP contribution in [0.25, 0.3) is 0 Å². The summed E-state index contributed by atoms with van der Waals surface area (Å²) in [6, 6.07) is 1.40. The number of alkyl carbamates (subject to hydrolysis) is 1. The molecule has 0 aromatic rings. The minimum absolute atomic E-state index is 0.129. The predicted octanol–water partition coefficient (Wildman–Crippen LogP) is 5.43. The predicted molar refractivity (Wildman–Crippen MR) is 201 cm³/mol. The number of carbonyl (C=O) groups excluding carboxylic acids is 4. The fourth-order valence-electron chi connectivity index (χ4n) is 11.8. The van der Waals surface area contributed by atoms with Crippen molar-refractivity contribution < 1.29 is 38.1 Å². The van der Waals surface area contributed by atoms with Gasteiger partial charge in [-0.05, 0) is 79.6 Å². The number of hydrogen-bond acceptors (Lipinski definition) is 10. The fraction of sp³-hybridized carbons (Fsp3) is 0.900. The Bertz CT molecular complexity index is 1410. The summed E-state index contributed by atoms with van der Waals surface area (Å²) in [5.41, 5.74) is -0.356. The van der Waals surface area contributed by atoms with Crippen molar-refractivity contribution in [2.75, 3.05) is 72.1 Å². The van der Waals surface area contributed by atoms with E-state index in [1.54, 1.807) is 0 Å². The van der Waals surface area contributed by atoms with Crippen LogP contribution in [0.5, 0.6) is 0 Å². The van der Waals surface area contributed by atoms with Gasteiger partial charge in [-0.25, -0.2) is 19.2 Å². The molecule has 14 nitrogen and oxygen atoms in total. The Hall–Kier alpha value is -3.00. The van der Waals surface area contributed by atoms with Gasteiger partial charge in [0.1, 0.15) is 11.2 Å². The summed E-state index contributed by atoms with van der Waals surface area (Å²) in [6.45, 7) is 21.0. The number of piperidine rings is 2. The van der Waals surface area contributed by atoms with Gasteiger partial charge in [-0.3, -0.25) is 0 Å². The minimum Gasteiger partial charge on any atom is -0.450 e. The molecule has 2 aliphatic carbocycles. The van der Waals surface area contributed by atoms with Crippen LogP contribution in [0.15, 0.2) is 0 Å². The Labute approximate surface area is 321 Å². The van der Waals surface area contributed by atoms with Gasteiger partial charge >= 0.3 is 24.4 Å². The lowest BCUT2D eigenvalue weighted by atomic mass is 9.75. The van der Waals surface area contributed by atoms with Crippen molar-refractivity contribution in [2.45, 2.75) is 147 Å². The van der Waals surface area contributed by atoms with E-state index in [0.29, 0.717) is 36.1 Å². The number of likely N-dealkylation sites (N-methyl/N-ethyl adjacent to an activating group) is 1. The van der Waals surface area contributed by atoms with Crippen molar-refractivity contribution in [3.8, 4) is 0 Å². The average Bonchev–Trinajstić information content (AvgIpc) is 3.86. The first-order valence-corrected chi connectivity index (χ1v) is 21.1. The number of nitrogens with zero attached hydrogens (tertiary/aromatic N) is 5. The van der Waals surface area contributed by atoms with Crippen LogP contribution in [0, 0.1) is 10.8 Å². The Kier molecular flexibility index (Phi) is 10.8. The molecule has 8 aliphatic rings. The van der Waals surface area contributed by atoms with E-state index in [9.17, 15) is 19.2 Å². The zero-order valence-electron chi connectivity index (χ0n) is 33.8. The molecule has 0 aromatic carbocycles. The molecule has 6 heterocycles. The number of rotatable bonds is 6. The van der Waals surface area contributed by atoms with Gasteiger partial charge in [0, 0.05) is 107 Å². The van der Waals surface area contributed by atoms with Gasteiger partial charge in [-0.15, -0.1) is 0 Å². The van der Waals surface area contributed by atoms with Crippen molar-refractivity contribution in [1.82, 2.24) is 29.8 Å². The topological polar surface area (TPSA) is 133 Å². The maximum absolute atomic E-state index is 12.3. The summed E-state index contributed by atoms with van der Waals surface area (Å²) in [5.74, 6) is 0. The molecule has 8 fully saturated rings. The van der Waals surface area contributed by atoms with Gasteiger partial charge in [0.15, 0.2) is 0 Å². The molecule has 3 unspecified atom stereocenters. The van der Waals surface area contributed by atoms with Gasteiger partial charge in [-0.1, -0.05) is 6.92 Å². The monoisotopic (exact) mass is 758 g/mol. The van der Waals surface area contributed by atoms with Crippen molar-refractivity contribution in [3.05, 3.63) is 0 Å². The van der Waals surface area contributed by atoms with E-state index in [-0.39, 0.29) is 47.2 Å². The van der Waals surface area contributed by atoms with E-state index < -0.39 is 0 Å². The molecule has 14 heteroatoms. The molecule has 6 saturated heterocycles. The summed E-state index contributed by atoms with van der Waals surface area (Å²) in [4.78, 5) is 58.5. The molecule has 8 rings (SSSR count). The lowest BCUT2D eigenvalue weighted by Crippen LogP contribution is -2.60. The molecule has 4 spiro atoms. The molecule has 4 amide bonds. The standard InChI is InChI=1S/C21H35N3O4.C19H31N3O4/c1-4-17-21(28-19(26)24(17)5-2)9-11-22(12-10-21)16-7-8-20(13-16)14-23(15-20)18(25)27-6-3;1-4-25-16(24)22-12-18(13-22)6-5-14(11-18)21-9-7-19(8-10-21)17(2,3)20-15(23)26-19/h16-17H,4-15H2,1-3H3;14H,4-13H2,1-3H3,(H,20,23). The first-order chi connectivity index (χ1) is 25.7. The SMILES string of the molecule is CCOC(=O)N1CC2(CCC(N3CCC4(CC3)OC(=O)N(CC)C4CC)C2)C1.CCOC(=O)N1CC2(CCC(N3CCC4(CC3)OC(=O)NC4(C)C)C2)C1. The molecule has 6 aliphatic heterocycles. The number of hydrogen-bond donors (Lipinski definition) is 1. The number of carbonyl (C=O) groups is 4. The van der Waals surface area contributed by atoms with E-state index in [2.05, 4.69) is 35.9 Å². The summed E-state index contributed by atoms with van der Waals surface area (Å²) in [7, 11) is 0. The zero-order valence-corrected chi connectivity index (χ0v) is 33.8. The van der Waals surface area contributed by atoms with Crippen LogP contribution in [-0.4, -0.2) is 156 Å². The molecular weight excluding hydrogens is 692 g/mol. The maximum Gasteiger partial charge on any atom is 0.410 e. The van der Waals surface area contributed by atoms with Gasteiger partial charge in [0.2, 0.25) is 0 Å². The lowest BCUT2D eigenvalue weighted by molar-refractivity contribution is -0.0515. The quantitative estimate of drug-likeness (QED) is 0.350. The molecule has 1 N–H and O–H groups in total. The summed E-state index contributed by atoms with van der Waals surface area (Å²) >= 11 is 0. The third kappa shape index (κ3) is 7.00. The summed E-state index contributed by atoms with van der Waals surface area (Å²) in [5, 5.41) is 2.97. The van der Waals surface area contributed by atoms with Crippen LogP contribution in [0.4, 0.5) is 19.2 Å². The first kappa shape index (κ1) is 39.2. The third-order valence-electron chi connectivity index (χ3n) is 14.9. The van der Waals surface area contributed by atoms with Crippen molar-refractivity contribution in [2.24, 2.45) is 10.8 Å². The normalized spacial score (nSPS) is 31.4. The van der Waals surface area contributed by atoms with Gasteiger partial charge in [0.05, 0.1) is 24.8 Å². The van der Waals surface area contributed by atoms with E-state index in [1.807, 2.05) is 35.5 Å². The van der Waals surface area contributed by atoms with Gasteiger partial charge < -0.3 is 48.8 Å². The molecule has 54 heavy (non-hydrogen) atoms. The molecule has 2 saturated carbocycles. The van der Waals surface area contributed by atoms with Crippen LogP contribution in [0.2, 0.25) is 0 Å². The Balaban J connectivity index is 0.000000167. The van der Waals surface area contributed by atoms with Crippen LogP contribution >= 0.6 is 0 Å². The summed E-state index contributed by atoms with van der Waals surface area (Å²) in [6.07, 6.45) is 11.0. The molecule has 3 atom stereocenters. The fourth-order valence-corrected chi connectivity index (χ4v) is 11.8. The first-order valence-electron chi connectivity index (χ1n) is 21.1. The van der Waals surface area contributed by atoms with Crippen molar-refractivity contribution >= 4 is 24.4 Å². The Morgan fingerprint density at radius 1 is 0.722 bits per heavy atom. The van der Waals surface area contributed by atoms with Crippen LogP contribution in [-0.2, 0) is 18.9 Å². The van der Waals surface area contributed by atoms with E-state index in [0.717, 1.165) is 97.4 Å². The highest BCUT2D eigenvalue weighted by Gasteiger charge is 2.59. The van der Waals surface area contributed by atoms with Crippen molar-refractivity contribution in [1.29, 1.82) is 0 Å². The number of nitrogens with one attached hydrogen (secondary N) is 1. The second-order valence-corrected chi connectivity index (χ2v) is 18.3. The highest BCUT2D eigenvalue weighted by Crippen LogP contribution is 2.50. The average molecular weight is 759 g/mol. The van der Waals surface area contributed by atoms with Gasteiger partial charge in [0.25, 0.3) is 0 Å². The second-order valence-electron chi connectivity index (χ2n) is 18.3. The summed E-state index contributed by atoms with van der Waals surface area (Å²) < 4.78 is 21.9. The molecule has 304 valence electrons. The Morgan fingerprint density at radius 2 is 1.20 bits per heavy atom. The molecule has 0 bridgehead atoms. The number of ether oxygens (including phenoxy) is 4. The number of likely N-dealkylation sites (tertiary alicyclic amines) is 4. The largest absolute Gasteiger partial charge is 0.450 e. The Morgan fingerprint density at radius 3 is 1.61 bits per heavy atom. The molecule has 0 radical (unpaired) electrons.